The summed E-state index contributed by atoms with van der Waals surface area (Å²) in [6.45, 7) is 7.92. The first-order valence-corrected chi connectivity index (χ1v) is 13.1. The third-order valence-electron chi connectivity index (χ3n) is 6.33. The quantitative estimate of drug-likeness (QED) is 0.168. The second-order valence-electron chi connectivity index (χ2n) is 10.0. The molecule has 0 aromatic heterocycles. The Morgan fingerprint density at radius 3 is 2.03 bits per heavy atom. The number of amides is 3. The first-order valence-electron chi connectivity index (χ1n) is 13.1. The van der Waals surface area contributed by atoms with Crippen molar-refractivity contribution in [1.29, 1.82) is 0 Å². The van der Waals surface area contributed by atoms with E-state index in [1.54, 1.807) is 6.92 Å². The van der Waals surface area contributed by atoms with Crippen molar-refractivity contribution in [3.05, 3.63) is 35.9 Å². The summed E-state index contributed by atoms with van der Waals surface area (Å²) in [5.41, 5.74) is 12.5. The van der Waals surface area contributed by atoms with Crippen molar-refractivity contribution in [1.82, 2.24) is 16.0 Å². The maximum absolute atomic E-state index is 13.4. The molecule has 0 fully saturated rings. The van der Waals surface area contributed by atoms with E-state index in [9.17, 15) is 24.3 Å². The Morgan fingerprint density at radius 1 is 0.892 bits per heavy atom. The van der Waals surface area contributed by atoms with Crippen LogP contribution in [-0.4, -0.2) is 59.5 Å². The van der Waals surface area contributed by atoms with Gasteiger partial charge in [0.25, 0.3) is 0 Å². The Kier molecular flexibility index (Phi) is 14.5. The van der Waals surface area contributed by atoms with Gasteiger partial charge in [-0.3, -0.25) is 14.4 Å². The average Bonchev–Trinajstić information content (AvgIpc) is 2.85. The van der Waals surface area contributed by atoms with E-state index in [1.165, 1.54) is 0 Å². The topological polar surface area (TPSA) is 177 Å². The SMILES string of the molecule is CCC(C)C(NC(=O)C(CCCCN)NC(=O)C(Cc1ccccc1)NC(=O)C(N)CC(C)C)C(=O)O. The van der Waals surface area contributed by atoms with Gasteiger partial charge in [-0.2, -0.15) is 0 Å². The van der Waals surface area contributed by atoms with Crippen LogP contribution in [0, 0.1) is 11.8 Å². The highest BCUT2D eigenvalue weighted by Gasteiger charge is 2.32. The molecule has 0 bridgehead atoms. The number of hydrogen-bond acceptors (Lipinski definition) is 6. The largest absolute Gasteiger partial charge is 0.480 e. The Morgan fingerprint density at radius 2 is 1.49 bits per heavy atom. The van der Waals surface area contributed by atoms with Crippen LogP contribution in [0.1, 0.15) is 65.4 Å². The van der Waals surface area contributed by atoms with Gasteiger partial charge in [-0.05, 0) is 49.6 Å². The lowest BCUT2D eigenvalue weighted by atomic mass is 9.98. The van der Waals surface area contributed by atoms with Crippen LogP contribution in [0.3, 0.4) is 0 Å². The van der Waals surface area contributed by atoms with E-state index >= 15 is 0 Å². The molecule has 5 atom stereocenters. The molecule has 0 aliphatic heterocycles. The number of aliphatic carboxylic acids is 1. The lowest BCUT2D eigenvalue weighted by Crippen LogP contribution is -2.58. The van der Waals surface area contributed by atoms with Crippen LogP contribution in [0.2, 0.25) is 0 Å². The van der Waals surface area contributed by atoms with Crippen LogP contribution < -0.4 is 27.4 Å². The van der Waals surface area contributed by atoms with E-state index in [1.807, 2.05) is 51.1 Å². The molecule has 3 amide bonds. The summed E-state index contributed by atoms with van der Waals surface area (Å²) in [6.07, 6.45) is 2.70. The van der Waals surface area contributed by atoms with Crippen molar-refractivity contribution in [2.45, 2.75) is 90.4 Å². The van der Waals surface area contributed by atoms with E-state index in [0.29, 0.717) is 32.2 Å². The van der Waals surface area contributed by atoms with Crippen molar-refractivity contribution in [3.8, 4) is 0 Å². The van der Waals surface area contributed by atoms with Gasteiger partial charge in [-0.25, -0.2) is 4.79 Å². The smallest absolute Gasteiger partial charge is 0.326 e. The highest BCUT2D eigenvalue weighted by Crippen LogP contribution is 2.11. The fourth-order valence-electron chi connectivity index (χ4n) is 3.92. The summed E-state index contributed by atoms with van der Waals surface area (Å²) >= 11 is 0. The van der Waals surface area contributed by atoms with Gasteiger partial charge in [0, 0.05) is 6.42 Å². The van der Waals surface area contributed by atoms with Gasteiger partial charge in [0.1, 0.15) is 18.1 Å². The molecule has 1 aromatic rings. The first-order chi connectivity index (χ1) is 17.5. The molecule has 0 heterocycles. The van der Waals surface area contributed by atoms with Crippen LogP contribution in [0.4, 0.5) is 0 Å². The third kappa shape index (κ3) is 11.7. The van der Waals surface area contributed by atoms with E-state index < -0.39 is 47.9 Å². The monoisotopic (exact) mass is 519 g/mol. The summed E-state index contributed by atoms with van der Waals surface area (Å²) in [7, 11) is 0. The summed E-state index contributed by atoms with van der Waals surface area (Å²) in [4.78, 5) is 51.0. The Balaban J connectivity index is 3.12. The van der Waals surface area contributed by atoms with Crippen LogP contribution >= 0.6 is 0 Å². The fourth-order valence-corrected chi connectivity index (χ4v) is 3.92. The molecular weight excluding hydrogens is 474 g/mol. The summed E-state index contributed by atoms with van der Waals surface area (Å²) in [5.74, 6) is -2.81. The van der Waals surface area contributed by atoms with Gasteiger partial charge in [0.05, 0.1) is 6.04 Å². The third-order valence-corrected chi connectivity index (χ3v) is 6.33. The number of nitrogens with two attached hydrogens (primary N) is 2. The van der Waals surface area contributed by atoms with Crippen LogP contribution in [-0.2, 0) is 25.6 Å². The number of nitrogens with one attached hydrogen (secondary N) is 3. The number of benzene rings is 1. The highest BCUT2D eigenvalue weighted by atomic mass is 16.4. The van der Waals surface area contributed by atoms with Crippen molar-refractivity contribution >= 4 is 23.7 Å². The molecular formula is C27H45N5O5. The molecule has 1 rings (SSSR count). The van der Waals surface area contributed by atoms with Gasteiger partial charge in [-0.1, -0.05) is 64.4 Å². The van der Waals surface area contributed by atoms with Gasteiger partial charge >= 0.3 is 5.97 Å². The normalized spacial score (nSPS) is 15.2. The molecule has 10 nitrogen and oxygen atoms in total. The molecule has 0 spiro atoms. The molecule has 10 heteroatoms. The molecule has 8 N–H and O–H groups in total. The molecule has 0 aliphatic carbocycles. The number of carboxylic acid groups (broad SMARTS) is 1. The van der Waals surface area contributed by atoms with Gasteiger partial charge in [0.15, 0.2) is 0 Å². The molecule has 37 heavy (non-hydrogen) atoms. The number of rotatable bonds is 17. The lowest BCUT2D eigenvalue weighted by Gasteiger charge is -2.27. The second kappa shape index (κ2) is 16.7. The molecule has 0 aliphatic rings. The average molecular weight is 520 g/mol. The molecule has 208 valence electrons. The van der Waals surface area contributed by atoms with E-state index in [4.69, 9.17) is 11.5 Å². The Bertz CT molecular complexity index is 864. The first kappa shape index (κ1) is 32.0. The predicted octanol–water partition coefficient (Wildman–Crippen LogP) is 1.32. The minimum Gasteiger partial charge on any atom is -0.480 e. The van der Waals surface area contributed by atoms with Crippen LogP contribution in [0.15, 0.2) is 30.3 Å². The maximum atomic E-state index is 13.4. The standard InChI is InChI=1S/C27H45N5O5/c1-5-18(4)23(27(36)37)32-25(34)21(13-9-10-14-28)30-26(35)22(16-19-11-7-6-8-12-19)31-24(33)20(29)15-17(2)3/h6-8,11-12,17-18,20-23H,5,9-10,13-16,28-29H2,1-4H3,(H,30,35)(H,31,33)(H,32,34)(H,36,37). The predicted molar refractivity (Wildman–Crippen MR) is 143 cm³/mol. The van der Waals surface area contributed by atoms with E-state index in [2.05, 4.69) is 16.0 Å². The van der Waals surface area contributed by atoms with Crippen LogP contribution in [0.5, 0.6) is 0 Å². The van der Waals surface area contributed by atoms with Crippen molar-refractivity contribution in [2.24, 2.45) is 23.3 Å². The molecule has 1 aromatic carbocycles. The maximum Gasteiger partial charge on any atom is 0.326 e. The molecule has 0 saturated carbocycles. The Labute approximate surface area is 220 Å². The number of carbonyl (C=O) groups excluding carboxylic acids is 3. The van der Waals surface area contributed by atoms with Crippen molar-refractivity contribution < 1.29 is 24.3 Å². The zero-order valence-corrected chi connectivity index (χ0v) is 22.5. The van der Waals surface area contributed by atoms with Crippen LogP contribution in [0.25, 0.3) is 0 Å². The number of carbonyl (C=O) groups is 4. The zero-order valence-electron chi connectivity index (χ0n) is 22.5. The molecule has 5 unspecified atom stereocenters. The summed E-state index contributed by atoms with van der Waals surface area (Å²) in [6, 6.07) is 5.39. The van der Waals surface area contributed by atoms with Gasteiger partial charge in [0.2, 0.25) is 17.7 Å². The van der Waals surface area contributed by atoms with Gasteiger partial charge < -0.3 is 32.5 Å². The summed E-state index contributed by atoms with van der Waals surface area (Å²) in [5, 5.41) is 17.7. The Hall–Kier alpha value is -2.98. The summed E-state index contributed by atoms with van der Waals surface area (Å²) < 4.78 is 0. The molecule has 0 radical (unpaired) electrons. The number of carboxylic acids is 1. The zero-order chi connectivity index (χ0) is 28.0. The lowest BCUT2D eigenvalue weighted by molar-refractivity contribution is -0.144. The second-order valence-corrected chi connectivity index (χ2v) is 10.0. The minimum atomic E-state index is -1.14. The van der Waals surface area contributed by atoms with E-state index in [-0.39, 0.29) is 24.7 Å². The van der Waals surface area contributed by atoms with E-state index in [0.717, 1.165) is 5.56 Å². The minimum absolute atomic E-state index is 0.200. The van der Waals surface area contributed by atoms with Crippen molar-refractivity contribution in [3.63, 3.8) is 0 Å². The number of unbranched alkanes of at least 4 members (excludes halogenated alkanes) is 1. The number of hydrogen-bond donors (Lipinski definition) is 6. The van der Waals surface area contributed by atoms with Crippen molar-refractivity contribution in [2.75, 3.05) is 6.54 Å². The molecule has 0 saturated heterocycles. The van der Waals surface area contributed by atoms with Gasteiger partial charge in [-0.15, -0.1) is 0 Å². The highest BCUT2D eigenvalue weighted by molar-refractivity contribution is 5.94. The fraction of sp³-hybridized carbons (Fsp3) is 0.630.